The number of H-pyrrole nitrogens is 1. The summed E-state index contributed by atoms with van der Waals surface area (Å²) in [6, 6.07) is 6.29. The van der Waals surface area contributed by atoms with E-state index in [0.717, 1.165) is 11.3 Å². The number of carboxylic acid groups (broad SMARTS) is 1. The monoisotopic (exact) mass is 235 g/mol. The van der Waals surface area contributed by atoms with E-state index in [9.17, 15) is 9.18 Å². The summed E-state index contributed by atoms with van der Waals surface area (Å²) in [5.74, 6) is -1.32. The number of aromatic carboxylic acids is 1. The van der Waals surface area contributed by atoms with Crippen LogP contribution in [-0.2, 0) is 0 Å². The first-order chi connectivity index (χ1) is 7.66. The van der Waals surface area contributed by atoms with Crippen LogP contribution in [0.1, 0.15) is 9.67 Å². The third-order valence-electron chi connectivity index (χ3n) is 2.45. The maximum absolute atomic E-state index is 13.6. The zero-order chi connectivity index (χ0) is 11.3. The Hall–Kier alpha value is -1.88. The third kappa shape index (κ3) is 1.15. The first-order valence-electron chi connectivity index (χ1n) is 4.60. The molecule has 0 spiro atoms. The van der Waals surface area contributed by atoms with E-state index < -0.39 is 5.97 Å². The Kier molecular flexibility index (Phi) is 1.79. The number of thiophene rings is 1. The highest BCUT2D eigenvalue weighted by atomic mass is 32.1. The summed E-state index contributed by atoms with van der Waals surface area (Å²) in [7, 11) is 0. The number of carbonyl (C=O) groups is 1. The molecule has 80 valence electrons. The summed E-state index contributed by atoms with van der Waals surface area (Å²) in [5, 5.41) is 9.32. The molecule has 3 nitrogen and oxygen atoms in total. The van der Waals surface area contributed by atoms with Crippen molar-refractivity contribution in [3.05, 3.63) is 35.0 Å². The molecule has 3 aromatic rings. The maximum Gasteiger partial charge on any atom is 0.345 e. The molecular formula is C11H6FNO2S. The van der Waals surface area contributed by atoms with Gasteiger partial charge in [0, 0.05) is 0 Å². The van der Waals surface area contributed by atoms with E-state index in [1.807, 2.05) is 0 Å². The Bertz CT molecular complexity index is 713. The van der Waals surface area contributed by atoms with Gasteiger partial charge in [0.15, 0.2) is 0 Å². The van der Waals surface area contributed by atoms with Crippen LogP contribution in [0, 0.1) is 5.82 Å². The summed E-state index contributed by atoms with van der Waals surface area (Å²) in [5.41, 5.74) is 1.36. The Balaban J connectivity index is 2.46. The fraction of sp³-hybridized carbons (Fsp3) is 0. The molecular weight excluding hydrogens is 229 g/mol. The number of fused-ring (bicyclic) bond motifs is 3. The van der Waals surface area contributed by atoms with Gasteiger partial charge in [0.05, 0.1) is 21.1 Å². The Labute approximate surface area is 93.1 Å². The number of benzene rings is 1. The molecule has 2 N–H and O–H groups in total. The molecule has 0 amide bonds. The minimum Gasteiger partial charge on any atom is -0.477 e. The zero-order valence-electron chi connectivity index (χ0n) is 7.95. The Morgan fingerprint density at radius 1 is 1.38 bits per heavy atom. The quantitative estimate of drug-likeness (QED) is 0.680. The SMILES string of the molecule is O=C(O)c1cc2[nH]c3cccc(F)c3c2s1. The number of aromatic amines is 1. The number of hydrogen-bond acceptors (Lipinski definition) is 2. The van der Waals surface area contributed by atoms with Gasteiger partial charge in [0.2, 0.25) is 0 Å². The Morgan fingerprint density at radius 2 is 2.19 bits per heavy atom. The second kappa shape index (κ2) is 3.05. The zero-order valence-corrected chi connectivity index (χ0v) is 8.77. The fourth-order valence-electron chi connectivity index (χ4n) is 1.78. The van der Waals surface area contributed by atoms with Gasteiger partial charge in [-0.2, -0.15) is 0 Å². The number of halogens is 1. The summed E-state index contributed by atoms with van der Waals surface area (Å²) >= 11 is 1.08. The molecule has 3 rings (SSSR count). The molecule has 2 heterocycles. The lowest BCUT2D eigenvalue weighted by atomic mass is 10.2. The van der Waals surface area contributed by atoms with Gasteiger partial charge in [-0.1, -0.05) is 6.07 Å². The average molecular weight is 235 g/mol. The molecule has 16 heavy (non-hydrogen) atoms. The van der Waals surface area contributed by atoms with Crippen molar-refractivity contribution in [2.45, 2.75) is 0 Å². The smallest absolute Gasteiger partial charge is 0.345 e. The molecule has 0 aliphatic rings. The van der Waals surface area contributed by atoms with E-state index >= 15 is 0 Å². The summed E-state index contributed by atoms with van der Waals surface area (Å²) < 4.78 is 14.3. The van der Waals surface area contributed by atoms with Crippen LogP contribution in [0.25, 0.3) is 21.1 Å². The number of rotatable bonds is 1. The van der Waals surface area contributed by atoms with Crippen LogP contribution in [0.5, 0.6) is 0 Å². The molecule has 0 bridgehead atoms. The highest BCUT2D eigenvalue weighted by Crippen LogP contribution is 2.34. The van der Waals surface area contributed by atoms with Crippen LogP contribution in [-0.4, -0.2) is 16.1 Å². The lowest BCUT2D eigenvalue weighted by Gasteiger charge is -1.91. The van der Waals surface area contributed by atoms with Gasteiger partial charge in [0.1, 0.15) is 10.7 Å². The van der Waals surface area contributed by atoms with Gasteiger partial charge in [-0.25, -0.2) is 9.18 Å². The van der Waals surface area contributed by atoms with E-state index in [1.54, 1.807) is 12.1 Å². The number of hydrogen-bond donors (Lipinski definition) is 2. The first-order valence-corrected chi connectivity index (χ1v) is 5.41. The Morgan fingerprint density at radius 3 is 2.94 bits per heavy atom. The molecule has 0 radical (unpaired) electrons. The molecule has 0 aliphatic heterocycles. The van der Waals surface area contributed by atoms with E-state index in [1.165, 1.54) is 12.1 Å². The molecule has 1 aromatic carbocycles. The highest BCUT2D eigenvalue weighted by Gasteiger charge is 2.14. The molecule has 2 aromatic heterocycles. The molecule has 0 unspecified atom stereocenters. The summed E-state index contributed by atoms with van der Waals surface area (Å²) in [6.07, 6.45) is 0. The maximum atomic E-state index is 13.6. The highest BCUT2D eigenvalue weighted by molar-refractivity contribution is 7.21. The van der Waals surface area contributed by atoms with Crippen LogP contribution < -0.4 is 0 Å². The number of carboxylic acids is 1. The number of nitrogens with one attached hydrogen (secondary N) is 1. The topological polar surface area (TPSA) is 53.1 Å². The van der Waals surface area contributed by atoms with Gasteiger partial charge < -0.3 is 10.1 Å². The predicted octanol–water partition coefficient (Wildman–Crippen LogP) is 3.22. The molecule has 0 saturated carbocycles. The normalized spacial score (nSPS) is 11.3. The fourth-order valence-corrected chi connectivity index (χ4v) is 2.79. The van der Waals surface area contributed by atoms with Gasteiger partial charge in [-0.3, -0.25) is 0 Å². The summed E-state index contributed by atoms with van der Waals surface area (Å²) in [4.78, 5) is 14.0. The first kappa shape index (κ1) is 9.35. The molecule has 0 fully saturated rings. The van der Waals surface area contributed by atoms with Crippen molar-refractivity contribution < 1.29 is 14.3 Å². The predicted molar refractivity (Wildman–Crippen MR) is 60.6 cm³/mol. The minimum absolute atomic E-state index is 0.214. The van der Waals surface area contributed by atoms with Crippen molar-refractivity contribution >= 4 is 38.4 Å². The van der Waals surface area contributed by atoms with E-state index in [2.05, 4.69) is 4.98 Å². The second-order valence-electron chi connectivity index (χ2n) is 3.45. The van der Waals surface area contributed by atoms with Crippen LogP contribution in [0.4, 0.5) is 4.39 Å². The lowest BCUT2D eigenvalue weighted by Crippen LogP contribution is -1.89. The van der Waals surface area contributed by atoms with Crippen molar-refractivity contribution in [3.63, 3.8) is 0 Å². The van der Waals surface area contributed by atoms with Crippen molar-refractivity contribution in [3.8, 4) is 0 Å². The van der Waals surface area contributed by atoms with Gasteiger partial charge in [-0.05, 0) is 18.2 Å². The van der Waals surface area contributed by atoms with Gasteiger partial charge in [-0.15, -0.1) is 11.3 Å². The molecule has 5 heteroatoms. The van der Waals surface area contributed by atoms with Crippen molar-refractivity contribution in [2.24, 2.45) is 0 Å². The molecule has 0 aliphatic carbocycles. The second-order valence-corrected chi connectivity index (χ2v) is 4.50. The van der Waals surface area contributed by atoms with Crippen LogP contribution in [0.15, 0.2) is 24.3 Å². The standard InChI is InChI=1S/C11H6FNO2S/c12-5-2-1-3-6-9(5)10-7(13-6)4-8(16-10)11(14)15/h1-4,13H,(H,14,15). The van der Waals surface area contributed by atoms with Crippen molar-refractivity contribution in [2.75, 3.05) is 0 Å². The molecule has 0 atom stereocenters. The van der Waals surface area contributed by atoms with Gasteiger partial charge in [0.25, 0.3) is 0 Å². The molecule has 0 saturated heterocycles. The van der Waals surface area contributed by atoms with E-state index in [-0.39, 0.29) is 10.7 Å². The van der Waals surface area contributed by atoms with E-state index in [0.29, 0.717) is 21.1 Å². The number of aromatic nitrogens is 1. The lowest BCUT2D eigenvalue weighted by molar-refractivity contribution is 0.0702. The largest absolute Gasteiger partial charge is 0.477 e. The van der Waals surface area contributed by atoms with Gasteiger partial charge >= 0.3 is 5.97 Å². The van der Waals surface area contributed by atoms with Crippen molar-refractivity contribution in [1.29, 1.82) is 0 Å². The third-order valence-corrected chi connectivity index (χ3v) is 3.59. The van der Waals surface area contributed by atoms with Crippen LogP contribution in [0.3, 0.4) is 0 Å². The minimum atomic E-state index is -0.987. The summed E-state index contributed by atoms with van der Waals surface area (Å²) in [6.45, 7) is 0. The van der Waals surface area contributed by atoms with Crippen LogP contribution in [0.2, 0.25) is 0 Å². The van der Waals surface area contributed by atoms with E-state index in [4.69, 9.17) is 5.11 Å². The van der Waals surface area contributed by atoms with Crippen molar-refractivity contribution in [1.82, 2.24) is 4.98 Å². The van der Waals surface area contributed by atoms with Crippen LogP contribution >= 0.6 is 11.3 Å². The average Bonchev–Trinajstić information content (AvgIpc) is 2.73.